The number of amides is 1. The second-order valence-electron chi connectivity index (χ2n) is 6.83. The number of halogens is 1. The summed E-state index contributed by atoms with van der Waals surface area (Å²) < 4.78 is 5.27. The minimum Gasteiger partial charge on any atom is -0.369 e. The van der Waals surface area contributed by atoms with Gasteiger partial charge in [-0.1, -0.05) is 29.7 Å². The van der Waals surface area contributed by atoms with E-state index >= 15 is 0 Å². The molecule has 0 radical (unpaired) electrons. The second kappa shape index (κ2) is 6.13. The fourth-order valence-corrected chi connectivity index (χ4v) is 3.42. The van der Waals surface area contributed by atoms with E-state index in [-0.39, 0.29) is 11.9 Å². The Bertz CT molecular complexity index is 756. The van der Waals surface area contributed by atoms with Gasteiger partial charge in [0.05, 0.1) is 6.04 Å². The van der Waals surface area contributed by atoms with Crippen LogP contribution < -0.4 is 10.2 Å². The molecule has 1 aromatic heterocycles. The van der Waals surface area contributed by atoms with Crippen molar-refractivity contribution in [1.82, 2.24) is 10.5 Å². The molecule has 2 heterocycles. The third-order valence-electron chi connectivity index (χ3n) is 4.84. The number of hydrogen-bond donors (Lipinski definition) is 1. The monoisotopic (exact) mass is 345 g/mol. The highest BCUT2D eigenvalue weighted by Crippen LogP contribution is 2.40. The molecule has 1 N–H and O–H groups in total. The topological polar surface area (TPSA) is 58.4 Å². The van der Waals surface area contributed by atoms with Gasteiger partial charge in [0.2, 0.25) is 0 Å². The van der Waals surface area contributed by atoms with Crippen LogP contribution >= 0.6 is 11.6 Å². The van der Waals surface area contributed by atoms with Gasteiger partial charge in [0.1, 0.15) is 5.76 Å². The van der Waals surface area contributed by atoms with E-state index in [2.05, 4.69) is 22.3 Å². The number of carbonyl (C=O) groups is 1. The highest BCUT2D eigenvalue weighted by atomic mass is 35.5. The molecule has 0 unspecified atom stereocenters. The van der Waals surface area contributed by atoms with Crippen LogP contribution in [0.1, 0.15) is 41.9 Å². The van der Waals surface area contributed by atoms with Crippen molar-refractivity contribution in [2.75, 3.05) is 18.0 Å². The molecule has 1 saturated heterocycles. The molecule has 0 spiro atoms. The number of benzene rings is 1. The van der Waals surface area contributed by atoms with Gasteiger partial charge in [-0.2, -0.15) is 0 Å². The number of hydrogen-bond acceptors (Lipinski definition) is 4. The zero-order valence-corrected chi connectivity index (χ0v) is 14.3. The number of anilines is 1. The van der Waals surface area contributed by atoms with Crippen molar-refractivity contribution in [2.24, 2.45) is 5.92 Å². The average Bonchev–Trinajstić information content (AvgIpc) is 3.18. The van der Waals surface area contributed by atoms with E-state index in [1.807, 2.05) is 24.3 Å². The molecule has 1 aliphatic heterocycles. The lowest BCUT2D eigenvalue weighted by Crippen LogP contribution is -2.40. The van der Waals surface area contributed by atoms with Crippen molar-refractivity contribution in [3.63, 3.8) is 0 Å². The molecule has 6 heteroatoms. The van der Waals surface area contributed by atoms with Gasteiger partial charge in [0, 0.05) is 35.8 Å². The van der Waals surface area contributed by atoms with Gasteiger partial charge in [-0.05, 0) is 37.0 Å². The molecule has 0 bridgehead atoms. The fraction of sp³-hybridized carbons (Fsp3) is 0.444. The van der Waals surface area contributed by atoms with Gasteiger partial charge < -0.3 is 14.7 Å². The largest absolute Gasteiger partial charge is 0.369 e. The molecule has 1 aromatic carbocycles. The van der Waals surface area contributed by atoms with Crippen LogP contribution in [-0.2, 0) is 0 Å². The maximum atomic E-state index is 12.4. The first-order valence-corrected chi connectivity index (χ1v) is 8.76. The Morgan fingerprint density at radius 3 is 2.92 bits per heavy atom. The summed E-state index contributed by atoms with van der Waals surface area (Å²) in [6, 6.07) is 9.67. The van der Waals surface area contributed by atoms with Crippen LogP contribution in [0.3, 0.4) is 0 Å². The number of nitrogens with one attached hydrogen (secondary N) is 1. The van der Waals surface area contributed by atoms with E-state index in [4.69, 9.17) is 16.1 Å². The van der Waals surface area contributed by atoms with Crippen LogP contribution in [0.5, 0.6) is 0 Å². The summed E-state index contributed by atoms with van der Waals surface area (Å²) in [7, 11) is 0. The normalized spacial score (nSPS) is 23.5. The summed E-state index contributed by atoms with van der Waals surface area (Å²) in [5.41, 5.74) is 1.47. The first kappa shape index (κ1) is 15.5. The summed E-state index contributed by atoms with van der Waals surface area (Å²) in [6.45, 7) is 3.80. The highest BCUT2D eigenvalue weighted by molar-refractivity contribution is 6.30. The number of carbonyl (C=O) groups excluding carboxylic acids is 1. The number of aromatic nitrogens is 1. The summed E-state index contributed by atoms with van der Waals surface area (Å²) in [6.07, 6.45) is 2.26. The SMILES string of the molecule is C[C@H]1CN(c2cccc(Cl)c2)C[C@H]1NC(=O)c1cc(C2CC2)on1. The third-order valence-corrected chi connectivity index (χ3v) is 5.08. The van der Waals surface area contributed by atoms with Crippen molar-refractivity contribution < 1.29 is 9.32 Å². The summed E-state index contributed by atoms with van der Waals surface area (Å²) in [5, 5.41) is 7.74. The predicted octanol–water partition coefficient (Wildman–Crippen LogP) is 3.46. The van der Waals surface area contributed by atoms with Crippen molar-refractivity contribution in [3.05, 3.63) is 46.8 Å². The molecule has 1 aliphatic carbocycles. The van der Waals surface area contributed by atoms with Gasteiger partial charge in [0.15, 0.2) is 5.69 Å². The van der Waals surface area contributed by atoms with Crippen molar-refractivity contribution in [1.29, 1.82) is 0 Å². The maximum Gasteiger partial charge on any atom is 0.273 e. The standard InChI is InChI=1S/C18H20ClN3O2/c1-11-9-22(14-4-2-3-13(19)7-14)10-16(11)20-18(23)15-8-17(24-21-15)12-5-6-12/h2-4,7-8,11-12,16H,5-6,9-10H2,1H3,(H,20,23)/t11-,16+/m0/s1. The van der Waals surface area contributed by atoms with Gasteiger partial charge in [-0.3, -0.25) is 4.79 Å². The zero-order valence-electron chi connectivity index (χ0n) is 13.5. The summed E-state index contributed by atoms with van der Waals surface area (Å²) in [4.78, 5) is 14.7. The Labute approximate surface area is 146 Å². The smallest absolute Gasteiger partial charge is 0.273 e. The van der Waals surface area contributed by atoms with Gasteiger partial charge in [0.25, 0.3) is 5.91 Å². The van der Waals surface area contributed by atoms with Crippen molar-refractivity contribution >= 4 is 23.2 Å². The van der Waals surface area contributed by atoms with Crippen LogP contribution in [-0.4, -0.2) is 30.2 Å². The predicted molar refractivity (Wildman–Crippen MR) is 92.6 cm³/mol. The molecule has 2 fully saturated rings. The Kier molecular flexibility index (Phi) is 3.96. The van der Waals surface area contributed by atoms with E-state index in [0.717, 1.165) is 42.4 Å². The van der Waals surface area contributed by atoms with Gasteiger partial charge in [-0.25, -0.2) is 0 Å². The maximum absolute atomic E-state index is 12.4. The van der Waals surface area contributed by atoms with Crippen LogP contribution in [0, 0.1) is 5.92 Å². The van der Waals surface area contributed by atoms with Crippen molar-refractivity contribution in [3.8, 4) is 0 Å². The first-order chi connectivity index (χ1) is 11.6. The summed E-state index contributed by atoms with van der Waals surface area (Å²) >= 11 is 6.08. The van der Waals surface area contributed by atoms with Crippen LogP contribution in [0.15, 0.2) is 34.9 Å². The third kappa shape index (κ3) is 3.13. The molecular formula is C18H20ClN3O2. The minimum atomic E-state index is -0.157. The highest BCUT2D eigenvalue weighted by Gasteiger charge is 2.33. The van der Waals surface area contributed by atoms with Gasteiger partial charge >= 0.3 is 0 Å². The van der Waals surface area contributed by atoms with E-state index in [1.54, 1.807) is 6.07 Å². The number of nitrogens with zero attached hydrogens (tertiary/aromatic N) is 2. The van der Waals surface area contributed by atoms with E-state index in [1.165, 1.54) is 0 Å². The van der Waals surface area contributed by atoms with E-state index in [9.17, 15) is 4.79 Å². The lowest BCUT2D eigenvalue weighted by Gasteiger charge is -2.19. The first-order valence-electron chi connectivity index (χ1n) is 8.38. The summed E-state index contributed by atoms with van der Waals surface area (Å²) in [5.74, 6) is 1.49. The lowest BCUT2D eigenvalue weighted by molar-refractivity contribution is 0.0924. The molecule has 24 heavy (non-hydrogen) atoms. The fourth-order valence-electron chi connectivity index (χ4n) is 3.24. The number of rotatable bonds is 4. The van der Waals surface area contributed by atoms with Crippen LogP contribution in [0.2, 0.25) is 5.02 Å². The molecular weight excluding hydrogens is 326 g/mol. The molecule has 2 atom stereocenters. The Morgan fingerprint density at radius 2 is 2.17 bits per heavy atom. The van der Waals surface area contributed by atoms with Crippen LogP contribution in [0.25, 0.3) is 0 Å². The molecule has 4 rings (SSSR count). The lowest BCUT2D eigenvalue weighted by atomic mass is 10.1. The Morgan fingerprint density at radius 1 is 1.33 bits per heavy atom. The molecule has 5 nitrogen and oxygen atoms in total. The molecule has 2 aliphatic rings. The molecule has 1 amide bonds. The zero-order chi connectivity index (χ0) is 16.7. The van der Waals surface area contributed by atoms with E-state index in [0.29, 0.717) is 17.5 Å². The Hall–Kier alpha value is -2.01. The molecule has 2 aromatic rings. The Balaban J connectivity index is 1.41. The quantitative estimate of drug-likeness (QED) is 0.922. The second-order valence-corrected chi connectivity index (χ2v) is 7.27. The van der Waals surface area contributed by atoms with Crippen molar-refractivity contribution in [2.45, 2.75) is 31.7 Å². The van der Waals surface area contributed by atoms with Crippen LogP contribution in [0.4, 0.5) is 5.69 Å². The van der Waals surface area contributed by atoms with E-state index < -0.39 is 0 Å². The average molecular weight is 346 g/mol. The van der Waals surface area contributed by atoms with Gasteiger partial charge in [-0.15, -0.1) is 0 Å². The molecule has 126 valence electrons. The molecule has 1 saturated carbocycles. The minimum absolute atomic E-state index is 0.0811.